The van der Waals surface area contributed by atoms with Crippen molar-refractivity contribution < 1.29 is 23.8 Å². The van der Waals surface area contributed by atoms with Gasteiger partial charge in [0, 0.05) is 12.0 Å². The molecule has 1 aromatic carbocycles. The first kappa shape index (κ1) is 13.2. The third-order valence-corrected chi connectivity index (χ3v) is 2.89. The molecule has 1 N–H and O–H groups in total. The number of carbonyl (C=O) groups excluding carboxylic acids is 2. The molecule has 0 bridgehead atoms. The first-order valence-electron chi connectivity index (χ1n) is 5.85. The van der Waals surface area contributed by atoms with Crippen molar-refractivity contribution in [3.8, 4) is 11.5 Å². The van der Waals surface area contributed by atoms with Crippen molar-refractivity contribution in [1.82, 2.24) is 5.32 Å². The minimum atomic E-state index is -0.569. The van der Waals surface area contributed by atoms with Gasteiger partial charge in [-0.1, -0.05) is 0 Å². The molecule has 0 radical (unpaired) electrons. The fourth-order valence-corrected chi connectivity index (χ4v) is 1.85. The van der Waals surface area contributed by atoms with Crippen molar-refractivity contribution in [3.63, 3.8) is 0 Å². The molecule has 0 unspecified atom stereocenters. The molecule has 102 valence electrons. The molecular weight excluding hydrogens is 250 g/mol. The molecule has 0 aromatic heterocycles. The Morgan fingerprint density at radius 3 is 2.63 bits per heavy atom. The molecular formula is C13H15NO5. The molecule has 0 saturated carbocycles. The van der Waals surface area contributed by atoms with E-state index in [2.05, 4.69) is 5.32 Å². The number of amides is 1. The van der Waals surface area contributed by atoms with Gasteiger partial charge < -0.3 is 19.5 Å². The summed E-state index contributed by atoms with van der Waals surface area (Å²) in [5.74, 6) is 0.266. The van der Waals surface area contributed by atoms with Crippen LogP contribution in [0.4, 0.5) is 0 Å². The van der Waals surface area contributed by atoms with Gasteiger partial charge >= 0.3 is 5.97 Å². The number of hydrogen-bond acceptors (Lipinski definition) is 5. The van der Waals surface area contributed by atoms with Crippen molar-refractivity contribution in [3.05, 3.63) is 23.8 Å². The Kier molecular flexibility index (Phi) is 3.89. The number of methoxy groups -OCH3 is 2. The third-order valence-electron chi connectivity index (χ3n) is 2.89. The van der Waals surface area contributed by atoms with E-state index in [4.69, 9.17) is 14.2 Å². The lowest BCUT2D eigenvalue weighted by Crippen LogP contribution is -2.37. The molecule has 1 aliphatic heterocycles. The second-order valence-corrected chi connectivity index (χ2v) is 4.05. The predicted octanol–water partition coefficient (Wildman–Crippen LogP) is 0.749. The number of hydrogen-bond donors (Lipinski definition) is 1. The fourth-order valence-electron chi connectivity index (χ4n) is 1.85. The standard InChI is InChI=1S/C13H15NO5/c1-17-10-4-3-8(7-11(10)18-2)12(15)14-9-5-6-19-13(9)16/h3-4,7,9H,5-6H2,1-2H3,(H,14,15)/t9-/m0/s1. The first-order chi connectivity index (χ1) is 9.15. The molecule has 1 atom stereocenters. The molecule has 1 saturated heterocycles. The van der Waals surface area contributed by atoms with Crippen molar-refractivity contribution >= 4 is 11.9 Å². The number of cyclic esters (lactones) is 1. The summed E-state index contributed by atoms with van der Waals surface area (Å²) in [6.07, 6.45) is 0.498. The summed E-state index contributed by atoms with van der Waals surface area (Å²) in [5, 5.41) is 2.62. The fraction of sp³-hybridized carbons (Fsp3) is 0.385. The van der Waals surface area contributed by atoms with Gasteiger partial charge in [0.25, 0.3) is 5.91 Å². The number of ether oxygens (including phenoxy) is 3. The predicted molar refractivity (Wildman–Crippen MR) is 66.4 cm³/mol. The van der Waals surface area contributed by atoms with Crippen molar-refractivity contribution in [2.75, 3.05) is 20.8 Å². The summed E-state index contributed by atoms with van der Waals surface area (Å²) >= 11 is 0. The molecule has 1 heterocycles. The van der Waals surface area contributed by atoms with E-state index in [0.29, 0.717) is 30.1 Å². The Balaban J connectivity index is 2.12. The summed E-state index contributed by atoms with van der Waals surface area (Å²) in [7, 11) is 3.01. The largest absolute Gasteiger partial charge is 0.493 e. The van der Waals surface area contributed by atoms with Gasteiger partial charge in [0.2, 0.25) is 0 Å². The highest BCUT2D eigenvalue weighted by Crippen LogP contribution is 2.27. The van der Waals surface area contributed by atoms with Crippen LogP contribution in [0.1, 0.15) is 16.8 Å². The molecule has 6 heteroatoms. The summed E-state index contributed by atoms with van der Waals surface area (Å²) in [6, 6.07) is 4.24. The van der Waals surface area contributed by atoms with Gasteiger partial charge in [0.1, 0.15) is 6.04 Å². The minimum absolute atomic E-state index is 0.343. The number of esters is 1. The second-order valence-electron chi connectivity index (χ2n) is 4.05. The van der Waals surface area contributed by atoms with Gasteiger partial charge in [-0.15, -0.1) is 0 Å². The molecule has 0 aliphatic carbocycles. The third kappa shape index (κ3) is 2.78. The van der Waals surface area contributed by atoms with Crippen LogP contribution in [-0.4, -0.2) is 38.7 Å². The van der Waals surface area contributed by atoms with Crippen LogP contribution >= 0.6 is 0 Å². The lowest BCUT2D eigenvalue weighted by atomic mass is 10.1. The maximum Gasteiger partial charge on any atom is 0.328 e. The lowest BCUT2D eigenvalue weighted by Gasteiger charge is -2.11. The Hall–Kier alpha value is -2.24. The SMILES string of the molecule is COc1ccc(C(=O)N[C@H]2CCOC2=O)cc1OC. The number of benzene rings is 1. The Morgan fingerprint density at radius 2 is 2.05 bits per heavy atom. The smallest absolute Gasteiger partial charge is 0.328 e. The maximum atomic E-state index is 12.0. The van der Waals surface area contributed by atoms with Crippen LogP contribution in [0.2, 0.25) is 0 Å². The normalized spacial score (nSPS) is 17.8. The molecule has 0 spiro atoms. The van der Waals surface area contributed by atoms with E-state index in [1.807, 2.05) is 0 Å². The Labute approximate surface area is 110 Å². The van der Waals surface area contributed by atoms with E-state index in [-0.39, 0.29) is 5.91 Å². The average molecular weight is 265 g/mol. The van der Waals surface area contributed by atoms with Gasteiger partial charge in [0.05, 0.1) is 20.8 Å². The quantitative estimate of drug-likeness (QED) is 0.813. The van der Waals surface area contributed by atoms with E-state index in [0.717, 1.165) is 0 Å². The highest BCUT2D eigenvalue weighted by atomic mass is 16.5. The van der Waals surface area contributed by atoms with Crippen molar-refractivity contribution in [2.45, 2.75) is 12.5 Å². The van der Waals surface area contributed by atoms with E-state index in [1.165, 1.54) is 14.2 Å². The van der Waals surface area contributed by atoms with Gasteiger partial charge in [-0.05, 0) is 18.2 Å². The molecule has 19 heavy (non-hydrogen) atoms. The van der Waals surface area contributed by atoms with Gasteiger partial charge in [-0.3, -0.25) is 4.79 Å². The van der Waals surface area contributed by atoms with Crippen molar-refractivity contribution in [1.29, 1.82) is 0 Å². The molecule has 1 amide bonds. The van der Waals surface area contributed by atoms with Crippen molar-refractivity contribution in [2.24, 2.45) is 0 Å². The monoisotopic (exact) mass is 265 g/mol. The second kappa shape index (κ2) is 5.60. The van der Waals surface area contributed by atoms with Crippen LogP contribution in [0.3, 0.4) is 0 Å². The first-order valence-corrected chi connectivity index (χ1v) is 5.85. The van der Waals surface area contributed by atoms with Crippen LogP contribution < -0.4 is 14.8 Å². The maximum absolute atomic E-state index is 12.0. The molecule has 1 aromatic rings. The number of nitrogens with one attached hydrogen (secondary N) is 1. The average Bonchev–Trinajstić information content (AvgIpc) is 2.83. The summed E-state index contributed by atoms with van der Waals surface area (Å²) in [5.41, 5.74) is 0.400. The zero-order valence-electron chi connectivity index (χ0n) is 10.8. The van der Waals surface area contributed by atoms with Crippen LogP contribution in [-0.2, 0) is 9.53 Å². The molecule has 1 aliphatic rings. The zero-order chi connectivity index (χ0) is 13.8. The zero-order valence-corrected chi connectivity index (χ0v) is 10.8. The Morgan fingerprint density at radius 1 is 1.32 bits per heavy atom. The summed E-state index contributed by atoms with van der Waals surface area (Å²) in [4.78, 5) is 23.3. The summed E-state index contributed by atoms with van der Waals surface area (Å²) in [6.45, 7) is 0.343. The van der Waals surface area contributed by atoms with E-state index >= 15 is 0 Å². The van der Waals surface area contributed by atoms with Gasteiger partial charge in [-0.25, -0.2) is 4.79 Å². The highest BCUT2D eigenvalue weighted by molar-refractivity contribution is 5.97. The molecule has 2 rings (SSSR count). The highest BCUT2D eigenvalue weighted by Gasteiger charge is 2.28. The minimum Gasteiger partial charge on any atom is -0.493 e. The van der Waals surface area contributed by atoms with Crippen LogP contribution in [0, 0.1) is 0 Å². The van der Waals surface area contributed by atoms with E-state index in [1.54, 1.807) is 18.2 Å². The lowest BCUT2D eigenvalue weighted by molar-refractivity contribution is -0.139. The van der Waals surface area contributed by atoms with Crippen LogP contribution in [0.25, 0.3) is 0 Å². The van der Waals surface area contributed by atoms with Crippen LogP contribution in [0.5, 0.6) is 11.5 Å². The van der Waals surface area contributed by atoms with E-state index in [9.17, 15) is 9.59 Å². The molecule has 1 fully saturated rings. The van der Waals surface area contributed by atoms with Crippen LogP contribution in [0.15, 0.2) is 18.2 Å². The number of carbonyl (C=O) groups is 2. The topological polar surface area (TPSA) is 73.9 Å². The number of rotatable bonds is 4. The van der Waals surface area contributed by atoms with E-state index < -0.39 is 12.0 Å². The van der Waals surface area contributed by atoms with Gasteiger partial charge in [-0.2, -0.15) is 0 Å². The summed E-state index contributed by atoms with van der Waals surface area (Å²) < 4.78 is 15.0. The Bertz CT molecular complexity index is 500. The van der Waals surface area contributed by atoms with Gasteiger partial charge in [0.15, 0.2) is 11.5 Å². The molecule has 6 nitrogen and oxygen atoms in total.